The molecule has 0 heterocycles. The molecule has 0 rings (SSSR count). The smallest absolute Gasteiger partial charge is 0.100 e. The van der Waals surface area contributed by atoms with E-state index in [0.29, 0.717) is 15.2 Å². The monoisotopic (exact) mass is 118 g/mol. The first-order valence-corrected chi connectivity index (χ1v) is 4.41. The van der Waals surface area contributed by atoms with E-state index in [9.17, 15) is 0 Å². The van der Waals surface area contributed by atoms with Crippen LogP contribution in [0.4, 0.5) is 0 Å². The van der Waals surface area contributed by atoms with Crippen LogP contribution in [0.5, 0.6) is 0 Å². The topological polar surface area (TPSA) is 0 Å². The molecule has 0 atom stereocenters. The van der Waals surface area contributed by atoms with Crippen LogP contribution in [0.2, 0.25) is 10.6 Å². The maximum absolute atomic E-state index is 2.27. The predicted octanol–water partition coefficient (Wildman–Crippen LogP) is 0.361. The summed E-state index contributed by atoms with van der Waals surface area (Å²) in [7, 11) is 0. The normalized spacial score (nSPS) is 6.33. The Morgan fingerprint density at radius 1 is 1.33 bits per heavy atom. The lowest BCUT2D eigenvalue weighted by Crippen LogP contribution is -1.76. The summed E-state index contributed by atoms with van der Waals surface area (Å²) in [5.41, 5.74) is 0. The Morgan fingerprint density at radius 2 is 1.67 bits per heavy atom. The lowest BCUT2D eigenvalue weighted by Gasteiger charge is -1.73. The second-order valence-electron chi connectivity index (χ2n) is 1.35. The molecule has 0 aromatic heterocycles. The fourth-order valence-electron chi connectivity index (χ4n) is 0.354. The third kappa shape index (κ3) is 8.91. The van der Waals surface area contributed by atoms with Gasteiger partial charge in [-0.15, -0.1) is 10.6 Å². The Bertz CT molecular complexity index is 17.2. The van der Waals surface area contributed by atoms with Crippen molar-refractivity contribution >= 4 is 32.6 Å². The van der Waals surface area contributed by atoms with Gasteiger partial charge in [-0.2, -0.15) is 0 Å². The number of rotatable bonds is 2. The molecule has 0 unspecified atom stereocenters. The minimum atomic E-state index is 0. The lowest BCUT2D eigenvalue weighted by molar-refractivity contribution is 1.36. The molecule has 0 aliphatic rings. The molecule has 0 aliphatic carbocycles. The fourth-order valence-corrected chi connectivity index (χ4v) is 1.06. The molecule has 0 N–H and O–H groups in total. The van der Waals surface area contributed by atoms with E-state index in [2.05, 4.69) is 13.8 Å². The van der Waals surface area contributed by atoms with Crippen LogP contribution in [0.15, 0.2) is 0 Å². The molecule has 0 aromatic carbocycles. The molecule has 0 aliphatic heterocycles. The van der Waals surface area contributed by atoms with Gasteiger partial charge in [-0.05, 0) is 0 Å². The molecular weight excluding hydrogens is 102 g/mol. The minimum absolute atomic E-state index is 0. The molecule has 0 radical (unpaired) electrons. The third-order valence-corrected chi connectivity index (χ3v) is 2.12. The number of hydrogen-bond donors (Lipinski definition) is 0. The molecule has 0 bridgehead atoms. The van der Waals surface area contributed by atoms with E-state index in [1.54, 1.807) is 0 Å². The largest absolute Gasteiger partial charge is 0.236 e. The van der Waals surface area contributed by atoms with E-state index < -0.39 is 0 Å². The Labute approximate surface area is 58.6 Å². The van der Waals surface area contributed by atoms with Gasteiger partial charge in [-0.25, -0.2) is 0 Å². The third-order valence-electron chi connectivity index (χ3n) is 0.707. The summed E-state index contributed by atoms with van der Waals surface area (Å²) < 4.78 is 0. The van der Waals surface area contributed by atoms with Gasteiger partial charge in [-0.3, -0.25) is 0 Å². The second-order valence-corrected chi connectivity index (χ2v) is 4.06. The molecule has 0 spiro atoms. The molecular formula is C4H16Al2. The van der Waals surface area contributed by atoms with Gasteiger partial charge in [0.1, 0.15) is 0 Å². The molecule has 2 heteroatoms. The van der Waals surface area contributed by atoms with Crippen molar-refractivity contribution in [3.63, 3.8) is 0 Å². The van der Waals surface area contributed by atoms with Crippen LogP contribution in [-0.2, 0) is 0 Å². The molecule has 0 saturated carbocycles. The highest BCUT2D eigenvalue weighted by Gasteiger charge is 1.76. The summed E-state index contributed by atoms with van der Waals surface area (Å²) >= 11 is 0.432. The van der Waals surface area contributed by atoms with Crippen molar-refractivity contribution in [2.24, 2.45) is 0 Å². The molecule has 0 amide bonds. The van der Waals surface area contributed by atoms with E-state index in [-0.39, 0.29) is 18.8 Å². The molecule has 38 valence electrons. The fraction of sp³-hybridized carbons (Fsp3) is 1.00. The Morgan fingerprint density at radius 3 is 1.67 bits per heavy atom. The average molecular weight is 118 g/mol. The van der Waals surface area contributed by atoms with Gasteiger partial charge < -0.3 is 0 Å². The first-order chi connectivity index (χ1) is 2.41. The number of hydrogen-bond acceptors (Lipinski definition) is 0. The molecule has 0 saturated heterocycles. The van der Waals surface area contributed by atoms with Gasteiger partial charge in [0, 0.05) is 1.43 Å². The minimum Gasteiger partial charge on any atom is -0.100 e. The van der Waals surface area contributed by atoms with Crippen LogP contribution in [0, 0.1) is 0 Å². The standard InChI is InChI=1S/2C2H5.2Al.H2.4H/c2*1-2;;;;;;;/h2*1H2,2H3;;;1H;;;;. The van der Waals surface area contributed by atoms with E-state index in [4.69, 9.17) is 0 Å². The highest BCUT2D eigenvalue weighted by Crippen LogP contribution is 1.77. The van der Waals surface area contributed by atoms with E-state index in [1.807, 2.05) is 0 Å². The zero-order valence-electron chi connectivity index (χ0n) is 4.12. The Hall–Kier alpha value is 1.06. The molecule has 0 aromatic rings. The van der Waals surface area contributed by atoms with E-state index in [1.165, 1.54) is 10.6 Å². The van der Waals surface area contributed by atoms with Gasteiger partial charge in [0.05, 0.1) is 0 Å². The van der Waals surface area contributed by atoms with Crippen molar-refractivity contribution in [3.8, 4) is 0 Å². The van der Waals surface area contributed by atoms with Crippen molar-refractivity contribution < 1.29 is 1.43 Å². The molecule has 0 nitrogen and oxygen atoms in total. The summed E-state index contributed by atoms with van der Waals surface area (Å²) in [6.07, 6.45) is 0. The summed E-state index contributed by atoms with van der Waals surface area (Å²) in [6, 6.07) is 0. The first-order valence-electron chi connectivity index (χ1n) is 2.41. The average Bonchev–Trinajstić information content (AvgIpc) is 1.41. The van der Waals surface area contributed by atoms with Gasteiger partial charge in [0.25, 0.3) is 0 Å². The zero-order chi connectivity index (χ0) is 4.12. The Balaban J connectivity index is -0.0000000800. The summed E-state index contributed by atoms with van der Waals surface area (Å²) in [5, 5.41) is 2.97. The van der Waals surface area contributed by atoms with Crippen LogP contribution in [0.3, 0.4) is 0 Å². The first kappa shape index (κ1) is 10.1. The van der Waals surface area contributed by atoms with Crippen molar-refractivity contribution in [3.05, 3.63) is 0 Å². The quantitative estimate of drug-likeness (QED) is 0.459. The van der Waals surface area contributed by atoms with Crippen molar-refractivity contribution in [1.82, 2.24) is 0 Å². The van der Waals surface area contributed by atoms with E-state index >= 15 is 0 Å². The van der Waals surface area contributed by atoms with Gasteiger partial charge >= 0.3 is 0 Å². The van der Waals surface area contributed by atoms with Crippen LogP contribution in [0.1, 0.15) is 15.3 Å². The zero-order valence-corrected chi connectivity index (χ0v) is 5.54. The van der Waals surface area contributed by atoms with E-state index in [0.717, 1.165) is 0 Å². The molecule has 6 heavy (non-hydrogen) atoms. The Kier molecular flexibility index (Phi) is 15.9. The van der Waals surface area contributed by atoms with Crippen LogP contribution >= 0.6 is 0 Å². The SMILES string of the molecule is C[CH2][AlH][CH2]C.[AlH3].[HH]. The maximum Gasteiger partial charge on any atom is 0.236 e. The molecule has 0 fully saturated rings. The summed E-state index contributed by atoms with van der Waals surface area (Å²) in [4.78, 5) is 0. The van der Waals surface area contributed by atoms with Crippen LogP contribution < -0.4 is 0 Å². The van der Waals surface area contributed by atoms with Crippen LogP contribution in [-0.4, -0.2) is 32.6 Å². The predicted molar refractivity (Wildman–Crippen MR) is 40.2 cm³/mol. The van der Waals surface area contributed by atoms with Crippen molar-refractivity contribution in [1.29, 1.82) is 0 Å². The maximum atomic E-state index is 2.27. The highest BCUT2D eigenvalue weighted by atomic mass is 27.1. The van der Waals surface area contributed by atoms with Crippen molar-refractivity contribution in [2.75, 3.05) is 0 Å². The van der Waals surface area contributed by atoms with Gasteiger partial charge in [0.2, 0.25) is 15.2 Å². The summed E-state index contributed by atoms with van der Waals surface area (Å²) in [6.45, 7) is 4.55. The van der Waals surface area contributed by atoms with Crippen molar-refractivity contribution in [2.45, 2.75) is 24.4 Å². The van der Waals surface area contributed by atoms with Gasteiger partial charge in [-0.1, -0.05) is 13.8 Å². The second kappa shape index (κ2) is 9.42. The van der Waals surface area contributed by atoms with Gasteiger partial charge in [0.15, 0.2) is 17.4 Å². The highest BCUT2D eigenvalue weighted by molar-refractivity contribution is 6.34. The summed E-state index contributed by atoms with van der Waals surface area (Å²) in [5.74, 6) is 0. The lowest BCUT2D eigenvalue weighted by atomic mass is 10.9. The van der Waals surface area contributed by atoms with Crippen LogP contribution in [0.25, 0.3) is 0 Å².